The molecule has 0 atom stereocenters. The maximum atomic E-state index is 12.5. The second-order valence-corrected chi connectivity index (χ2v) is 6.36. The second-order valence-electron chi connectivity index (χ2n) is 6.36. The van der Waals surface area contributed by atoms with Crippen molar-refractivity contribution in [2.24, 2.45) is 5.92 Å². The molecular formula is C17H24N4O2. The molecule has 6 nitrogen and oxygen atoms in total. The number of pyridine rings is 1. The second kappa shape index (κ2) is 6.98. The number of hydrogen-bond acceptors (Lipinski definition) is 4. The van der Waals surface area contributed by atoms with Gasteiger partial charge in [-0.05, 0) is 37.3 Å². The number of amides is 2. The standard InChI is InChI=1S/C17H24N4O2/c1-18-15-5-4-14(11-19-15)17(23)20-9-6-13(7-10-20)12-21-8-2-3-16(21)22/h4-5,11,13H,2-3,6-10,12H2,1H3,(H,18,19). The minimum Gasteiger partial charge on any atom is -0.373 e. The minimum atomic E-state index is 0.0517. The Morgan fingerprint density at radius 2 is 2.09 bits per heavy atom. The molecule has 6 heteroatoms. The lowest BCUT2D eigenvalue weighted by Crippen LogP contribution is -2.41. The monoisotopic (exact) mass is 316 g/mol. The summed E-state index contributed by atoms with van der Waals surface area (Å²) in [6.45, 7) is 3.29. The fourth-order valence-electron chi connectivity index (χ4n) is 3.38. The van der Waals surface area contributed by atoms with Crippen molar-refractivity contribution >= 4 is 17.6 Å². The van der Waals surface area contributed by atoms with E-state index in [1.165, 1.54) is 0 Å². The van der Waals surface area contributed by atoms with Crippen LogP contribution in [0.4, 0.5) is 5.82 Å². The van der Waals surface area contributed by atoms with Gasteiger partial charge in [-0.1, -0.05) is 0 Å². The van der Waals surface area contributed by atoms with Crippen LogP contribution >= 0.6 is 0 Å². The van der Waals surface area contributed by atoms with Crippen LogP contribution in [-0.2, 0) is 4.79 Å². The summed E-state index contributed by atoms with van der Waals surface area (Å²) in [5.74, 6) is 1.62. The van der Waals surface area contributed by atoms with E-state index in [0.717, 1.165) is 51.3 Å². The number of aromatic nitrogens is 1. The molecule has 2 fully saturated rings. The first kappa shape index (κ1) is 15.8. The lowest BCUT2D eigenvalue weighted by molar-refractivity contribution is -0.128. The van der Waals surface area contributed by atoms with E-state index in [1.54, 1.807) is 13.2 Å². The molecule has 0 aliphatic carbocycles. The molecule has 2 aliphatic rings. The summed E-state index contributed by atoms with van der Waals surface area (Å²) in [4.78, 5) is 32.3. The van der Waals surface area contributed by atoms with Gasteiger partial charge in [0, 0.05) is 45.8 Å². The van der Waals surface area contributed by atoms with Gasteiger partial charge in [0.2, 0.25) is 5.91 Å². The van der Waals surface area contributed by atoms with Gasteiger partial charge >= 0.3 is 0 Å². The fourth-order valence-corrected chi connectivity index (χ4v) is 3.38. The maximum absolute atomic E-state index is 12.5. The lowest BCUT2D eigenvalue weighted by Gasteiger charge is -2.33. The molecule has 1 aromatic rings. The molecule has 0 bridgehead atoms. The molecule has 0 spiro atoms. The smallest absolute Gasteiger partial charge is 0.255 e. The van der Waals surface area contributed by atoms with E-state index < -0.39 is 0 Å². The Hall–Kier alpha value is -2.11. The Morgan fingerprint density at radius 3 is 2.65 bits per heavy atom. The number of hydrogen-bond donors (Lipinski definition) is 1. The van der Waals surface area contributed by atoms with Crippen molar-refractivity contribution in [2.75, 3.05) is 38.5 Å². The van der Waals surface area contributed by atoms with Gasteiger partial charge < -0.3 is 15.1 Å². The normalized spacial score (nSPS) is 19.3. The molecule has 0 saturated carbocycles. The Labute approximate surface area is 136 Å². The summed E-state index contributed by atoms with van der Waals surface area (Å²) < 4.78 is 0. The zero-order valence-electron chi connectivity index (χ0n) is 13.6. The Balaban J connectivity index is 1.51. The average molecular weight is 316 g/mol. The third-order valence-corrected chi connectivity index (χ3v) is 4.82. The predicted molar refractivity (Wildman–Crippen MR) is 88.2 cm³/mol. The van der Waals surface area contributed by atoms with Gasteiger partial charge in [-0.2, -0.15) is 0 Å². The number of rotatable bonds is 4. The number of carbonyl (C=O) groups is 2. The number of anilines is 1. The van der Waals surface area contributed by atoms with E-state index in [-0.39, 0.29) is 5.91 Å². The first-order valence-corrected chi connectivity index (χ1v) is 8.38. The van der Waals surface area contributed by atoms with Crippen LogP contribution in [0.25, 0.3) is 0 Å². The number of nitrogens with zero attached hydrogens (tertiary/aromatic N) is 3. The van der Waals surface area contributed by atoms with Crippen LogP contribution in [0.15, 0.2) is 18.3 Å². The van der Waals surface area contributed by atoms with Crippen LogP contribution < -0.4 is 5.32 Å². The first-order valence-electron chi connectivity index (χ1n) is 8.38. The van der Waals surface area contributed by atoms with Gasteiger partial charge in [-0.25, -0.2) is 4.98 Å². The van der Waals surface area contributed by atoms with Crippen molar-refractivity contribution in [1.82, 2.24) is 14.8 Å². The molecule has 1 aromatic heterocycles. The molecule has 3 heterocycles. The maximum Gasteiger partial charge on any atom is 0.255 e. The molecule has 0 aromatic carbocycles. The van der Waals surface area contributed by atoms with Crippen LogP contribution in [0.2, 0.25) is 0 Å². The van der Waals surface area contributed by atoms with Crippen LogP contribution in [0.1, 0.15) is 36.0 Å². The highest BCUT2D eigenvalue weighted by Crippen LogP contribution is 2.22. The molecule has 2 aliphatic heterocycles. The summed E-state index contributed by atoms with van der Waals surface area (Å²) >= 11 is 0. The van der Waals surface area contributed by atoms with Gasteiger partial charge in [0.1, 0.15) is 5.82 Å². The van der Waals surface area contributed by atoms with E-state index in [1.807, 2.05) is 21.9 Å². The zero-order chi connectivity index (χ0) is 16.2. The summed E-state index contributed by atoms with van der Waals surface area (Å²) in [7, 11) is 1.81. The van der Waals surface area contributed by atoms with E-state index in [4.69, 9.17) is 0 Å². The third kappa shape index (κ3) is 3.63. The van der Waals surface area contributed by atoms with E-state index in [0.29, 0.717) is 23.8 Å². The Bertz CT molecular complexity index is 564. The quantitative estimate of drug-likeness (QED) is 0.916. The van der Waals surface area contributed by atoms with Crippen molar-refractivity contribution in [3.05, 3.63) is 23.9 Å². The van der Waals surface area contributed by atoms with Gasteiger partial charge in [-0.15, -0.1) is 0 Å². The van der Waals surface area contributed by atoms with Crippen LogP contribution in [0.5, 0.6) is 0 Å². The van der Waals surface area contributed by atoms with Gasteiger partial charge in [0.05, 0.1) is 5.56 Å². The number of likely N-dealkylation sites (tertiary alicyclic amines) is 2. The summed E-state index contributed by atoms with van der Waals surface area (Å²) in [6, 6.07) is 3.63. The van der Waals surface area contributed by atoms with E-state index in [2.05, 4.69) is 10.3 Å². The predicted octanol–water partition coefficient (Wildman–Crippen LogP) is 1.60. The Morgan fingerprint density at radius 1 is 1.30 bits per heavy atom. The van der Waals surface area contributed by atoms with Gasteiger partial charge in [-0.3, -0.25) is 9.59 Å². The van der Waals surface area contributed by atoms with Crippen LogP contribution in [-0.4, -0.2) is 59.8 Å². The number of carbonyl (C=O) groups excluding carboxylic acids is 2. The highest BCUT2D eigenvalue weighted by atomic mass is 16.2. The summed E-state index contributed by atoms with van der Waals surface area (Å²) in [6.07, 6.45) is 5.26. The topological polar surface area (TPSA) is 65.5 Å². The molecule has 0 unspecified atom stereocenters. The molecule has 3 rings (SSSR count). The van der Waals surface area contributed by atoms with Crippen molar-refractivity contribution in [3.63, 3.8) is 0 Å². The van der Waals surface area contributed by atoms with Crippen LogP contribution in [0.3, 0.4) is 0 Å². The third-order valence-electron chi connectivity index (χ3n) is 4.82. The summed E-state index contributed by atoms with van der Waals surface area (Å²) in [5, 5.41) is 2.95. The molecule has 1 N–H and O–H groups in total. The van der Waals surface area contributed by atoms with Crippen molar-refractivity contribution < 1.29 is 9.59 Å². The molecule has 0 radical (unpaired) electrons. The zero-order valence-corrected chi connectivity index (χ0v) is 13.6. The Kier molecular flexibility index (Phi) is 4.79. The van der Waals surface area contributed by atoms with Gasteiger partial charge in [0.25, 0.3) is 5.91 Å². The van der Waals surface area contributed by atoms with Crippen molar-refractivity contribution in [1.29, 1.82) is 0 Å². The minimum absolute atomic E-state index is 0.0517. The molecule has 2 saturated heterocycles. The number of piperidine rings is 1. The highest BCUT2D eigenvalue weighted by Gasteiger charge is 2.28. The van der Waals surface area contributed by atoms with Crippen LogP contribution in [0, 0.1) is 5.92 Å². The first-order chi connectivity index (χ1) is 11.2. The van der Waals surface area contributed by atoms with E-state index >= 15 is 0 Å². The molecular weight excluding hydrogens is 292 g/mol. The highest BCUT2D eigenvalue weighted by molar-refractivity contribution is 5.94. The largest absolute Gasteiger partial charge is 0.373 e. The fraction of sp³-hybridized carbons (Fsp3) is 0.588. The molecule has 2 amide bonds. The number of nitrogens with one attached hydrogen (secondary N) is 1. The SMILES string of the molecule is CNc1ccc(C(=O)N2CCC(CN3CCCC3=O)CC2)cn1. The van der Waals surface area contributed by atoms with Crippen molar-refractivity contribution in [3.8, 4) is 0 Å². The average Bonchev–Trinajstić information content (AvgIpc) is 3.00. The molecule has 23 heavy (non-hydrogen) atoms. The van der Waals surface area contributed by atoms with E-state index in [9.17, 15) is 9.59 Å². The van der Waals surface area contributed by atoms with Gasteiger partial charge in [0.15, 0.2) is 0 Å². The van der Waals surface area contributed by atoms with Crippen molar-refractivity contribution in [2.45, 2.75) is 25.7 Å². The summed E-state index contributed by atoms with van der Waals surface area (Å²) in [5.41, 5.74) is 0.636. The lowest BCUT2D eigenvalue weighted by atomic mass is 9.96. The molecule has 124 valence electrons.